The van der Waals surface area contributed by atoms with Crippen LogP contribution in [-0.4, -0.2) is 42.3 Å². The molecule has 0 spiro atoms. The van der Waals surface area contributed by atoms with Crippen LogP contribution in [0.2, 0.25) is 0 Å². The number of anilines is 2. The molecule has 2 aromatic carbocycles. The number of nitrogens with zero attached hydrogens (tertiary/aromatic N) is 2. The van der Waals surface area contributed by atoms with Gasteiger partial charge in [-0.1, -0.05) is 12.2 Å². The van der Waals surface area contributed by atoms with Crippen LogP contribution in [0, 0.1) is 22.0 Å². The Labute approximate surface area is 199 Å². The van der Waals surface area contributed by atoms with E-state index in [1.807, 2.05) is 12.2 Å². The highest BCUT2D eigenvalue weighted by molar-refractivity contribution is 6.22. The number of benzene rings is 2. The van der Waals surface area contributed by atoms with E-state index in [0.717, 1.165) is 4.90 Å². The topological polar surface area (TPSA) is 145 Å². The average Bonchev–Trinajstić information content (AvgIpc) is 3.12. The molecule has 0 saturated carbocycles. The zero-order valence-corrected chi connectivity index (χ0v) is 18.6. The molecule has 1 aliphatic heterocycles. The van der Waals surface area contributed by atoms with Crippen LogP contribution in [-0.2, 0) is 19.1 Å². The Balaban J connectivity index is 1.37. The standard InChI is InChI=1S/C24H21N3O8/c1-34-16-10-11-20(27(32)33)19(12-16)25-21(28)13-35-24(31)14-6-8-15(9-7-14)26-22(29)17-4-2-3-5-18(17)23(26)30/h2-3,6-12,17-18H,4-5,13H2,1H3,(H,25,28)/t17-,18-/m1/s1. The summed E-state index contributed by atoms with van der Waals surface area (Å²) in [6.45, 7) is -0.686. The molecule has 1 aliphatic carbocycles. The second-order valence-electron chi connectivity index (χ2n) is 7.98. The van der Waals surface area contributed by atoms with Crippen molar-refractivity contribution < 1.29 is 33.6 Å². The van der Waals surface area contributed by atoms with Gasteiger partial charge in [-0.3, -0.25) is 29.4 Å². The smallest absolute Gasteiger partial charge is 0.338 e. The molecular formula is C24H21N3O8. The largest absolute Gasteiger partial charge is 0.497 e. The number of esters is 1. The number of carbonyl (C=O) groups is 4. The highest BCUT2D eigenvalue weighted by atomic mass is 16.6. The number of imide groups is 1. The summed E-state index contributed by atoms with van der Waals surface area (Å²) in [5, 5.41) is 13.5. The number of hydrogen-bond donors (Lipinski definition) is 1. The van der Waals surface area contributed by atoms with Crippen LogP contribution in [0.4, 0.5) is 17.1 Å². The van der Waals surface area contributed by atoms with Crippen LogP contribution < -0.4 is 15.0 Å². The van der Waals surface area contributed by atoms with Gasteiger partial charge in [0, 0.05) is 12.1 Å². The van der Waals surface area contributed by atoms with Crippen LogP contribution in [0.1, 0.15) is 23.2 Å². The van der Waals surface area contributed by atoms with Gasteiger partial charge in [0.05, 0.1) is 35.1 Å². The maximum absolute atomic E-state index is 12.7. The summed E-state index contributed by atoms with van der Waals surface area (Å²) in [5.41, 5.74) is 0.0132. The lowest BCUT2D eigenvalue weighted by Gasteiger charge is -2.15. The molecule has 0 radical (unpaired) electrons. The lowest BCUT2D eigenvalue weighted by molar-refractivity contribution is -0.383. The van der Waals surface area contributed by atoms with Crippen LogP contribution in [0.15, 0.2) is 54.6 Å². The number of hydrogen-bond acceptors (Lipinski definition) is 8. The molecule has 2 aromatic rings. The van der Waals surface area contributed by atoms with Crippen molar-refractivity contribution in [3.05, 3.63) is 70.3 Å². The van der Waals surface area contributed by atoms with E-state index in [-0.39, 0.29) is 40.6 Å². The van der Waals surface area contributed by atoms with E-state index in [2.05, 4.69) is 5.32 Å². The quantitative estimate of drug-likeness (QED) is 0.210. The zero-order valence-electron chi connectivity index (χ0n) is 18.6. The van der Waals surface area contributed by atoms with Crippen LogP contribution >= 0.6 is 0 Å². The lowest BCUT2D eigenvalue weighted by Crippen LogP contribution is -2.30. The highest BCUT2D eigenvalue weighted by Gasteiger charge is 2.47. The number of amides is 3. The molecule has 0 aromatic heterocycles. The number of methoxy groups -OCH3 is 1. The van der Waals surface area contributed by atoms with Gasteiger partial charge in [0.25, 0.3) is 11.6 Å². The summed E-state index contributed by atoms with van der Waals surface area (Å²) >= 11 is 0. The summed E-state index contributed by atoms with van der Waals surface area (Å²) in [5.74, 6) is -2.55. The van der Waals surface area contributed by atoms with E-state index >= 15 is 0 Å². The molecule has 1 N–H and O–H groups in total. The second kappa shape index (κ2) is 9.75. The van der Waals surface area contributed by atoms with Crippen LogP contribution in [0.3, 0.4) is 0 Å². The molecule has 3 amide bonds. The van der Waals surface area contributed by atoms with Gasteiger partial charge < -0.3 is 14.8 Å². The van der Waals surface area contributed by atoms with E-state index in [1.165, 1.54) is 49.6 Å². The first-order valence-corrected chi connectivity index (χ1v) is 10.7. The minimum atomic E-state index is -0.816. The van der Waals surface area contributed by atoms with Gasteiger partial charge in [-0.25, -0.2) is 4.79 Å². The summed E-state index contributed by atoms with van der Waals surface area (Å²) in [4.78, 5) is 61.6. The number of rotatable bonds is 7. The molecule has 35 heavy (non-hydrogen) atoms. The Kier molecular flexibility index (Phi) is 6.58. The molecule has 2 aliphatic rings. The van der Waals surface area contributed by atoms with Gasteiger partial charge in [0.1, 0.15) is 11.4 Å². The van der Waals surface area contributed by atoms with Crippen molar-refractivity contribution in [2.75, 3.05) is 23.9 Å². The van der Waals surface area contributed by atoms with E-state index in [0.29, 0.717) is 24.3 Å². The van der Waals surface area contributed by atoms with E-state index < -0.39 is 23.4 Å². The fourth-order valence-electron chi connectivity index (χ4n) is 4.10. The monoisotopic (exact) mass is 479 g/mol. The molecular weight excluding hydrogens is 458 g/mol. The Morgan fingerprint density at radius 2 is 1.69 bits per heavy atom. The van der Waals surface area contributed by atoms with Crippen molar-refractivity contribution in [3.8, 4) is 5.75 Å². The zero-order chi connectivity index (χ0) is 25.1. The maximum Gasteiger partial charge on any atom is 0.338 e. The molecule has 180 valence electrons. The van der Waals surface area contributed by atoms with Gasteiger partial charge in [-0.2, -0.15) is 0 Å². The second-order valence-corrected chi connectivity index (χ2v) is 7.98. The SMILES string of the molecule is COc1ccc([N+](=O)[O-])c(NC(=O)COC(=O)c2ccc(N3C(=O)[C@@H]4CC=CC[C@H]4C3=O)cc2)c1. The Bertz CT molecular complexity index is 1210. The number of carbonyl (C=O) groups excluding carboxylic acids is 4. The average molecular weight is 479 g/mol. The fraction of sp³-hybridized carbons (Fsp3) is 0.250. The highest BCUT2D eigenvalue weighted by Crippen LogP contribution is 2.37. The van der Waals surface area contributed by atoms with Crippen LogP contribution in [0.25, 0.3) is 0 Å². The first-order chi connectivity index (χ1) is 16.8. The summed E-state index contributed by atoms with van der Waals surface area (Å²) in [6.07, 6.45) is 4.85. The van der Waals surface area contributed by atoms with Gasteiger partial charge in [-0.15, -0.1) is 0 Å². The van der Waals surface area contributed by atoms with Crippen molar-refractivity contribution in [2.24, 2.45) is 11.8 Å². The normalized spacial score (nSPS) is 18.7. The maximum atomic E-state index is 12.7. The number of nitrogens with one attached hydrogen (secondary N) is 1. The summed E-state index contributed by atoms with van der Waals surface area (Å²) in [6, 6.07) is 9.57. The van der Waals surface area contributed by atoms with Gasteiger partial charge >= 0.3 is 5.97 Å². The van der Waals surface area contributed by atoms with E-state index in [9.17, 15) is 29.3 Å². The van der Waals surface area contributed by atoms with Crippen molar-refractivity contribution in [1.29, 1.82) is 0 Å². The Morgan fingerprint density at radius 3 is 2.26 bits per heavy atom. The molecule has 0 unspecified atom stereocenters. The minimum Gasteiger partial charge on any atom is -0.497 e. The number of nitro benzene ring substituents is 1. The molecule has 11 heteroatoms. The Hall–Kier alpha value is -4.54. The molecule has 0 bridgehead atoms. The summed E-state index contributed by atoms with van der Waals surface area (Å²) in [7, 11) is 1.37. The molecule has 4 rings (SSSR count). The molecule has 11 nitrogen and oxygen atoms in total. The molecule has 1 fully saturated rings. The third-order valence-corrected chi connectivity index (χ3v) is 5.88. The number of ether oxygens (including phenoxy) is 2. The van der Waals surface area contributed by atoms with Crippen molar-refractivity contribution in [1.82, 2.24) is 0 Å². The van der Waals surface area contributed by atoms with Crippen molar-refractivity contribution in [3.63, 3.8) is 0 Å². The molecule has 1 heterocycles. The first kappa shape index (κ1) is 23.6. The van der Waals surface area contributed by atoms with Gasteiger partial charge in [0.15, 0.2) is 6.61 Å². The predicted octanol–water partition coefficient (Wildman–Crippen LogP) is 2.85. The molecule has 2 atom stereocenters. The fourth-order valence-corrected chi connectivity index (χ4v) is 4.10. The van der Waals surface area contributed by atoms with Gasteiger partial charge in [-0.05, 0) is 43.2 Å². The third kappa shape index (κ3) is 4.74. The number of fused-ring (bicyclic) bond motifs is 1. The number of nitro groups is 1. The van der Waals surface area contributed by atoms with E-state index in [1.54, 1.807) is 0 Å². The summed E-state index contributed by atoms with van der Waals surface area (Å²) < 4.78 is 10.0. The molecule has 1 saturated heterocycles. The van der Waals surface area contributed by atoms with E-state index in [4.69, 9.17) is 9.47 Å². The lowest BCUT2D eigenvalue weighted by atomic mass is 9.85. The van der Waals surface area contributed by atoms with Gasteiger partial charge in [0.2, 0.25) is 11.8 Å². The number of allylic oxidation sites excluding steroid dienone is 2. The first-order valence-electron chi connectivity index (χ1n) is 10.7. The van der Waals surface area contributed by atoms with Crippen molar-refractivity contribution in [2.45, 2.75) is 12.8 Å². The predicted molar refractivity (Wildman–Crippen MR) is 123 cm³/mol. The van der Waals surface area contributed by atoms with Crippen LogP contribution in [0.5, 0.6) is 5.75 Å². The van der Waals surface area contributed by atoms with Crippen molar-refractivity contribution >= 4 is 40.8 Å². The minimum absolute atomic E-state index is 0.101. The Morgan fingerprint density at radius 1 is 1.06 bits per heavy atom. The third-order valence-electron chi connectivity index (χ3n) is 5.88.